The van der Waals surface area contributed by atoms with Crippen LogP contribution in [0.25, 0.3) is 11.1 Å². The monoisotopic (exact) mass is 370 g/mol. The Labute approximate surface area is 155 Å². The van der Waals surface area contributed by atoms with Crippen molar-refractivity contribution in [3.05, 3.63) is 53.6 Å². The Morgan fingerprint density at radius 2 is 1.96 bits per heavy atom. The maximum absolute atomic E-state index is 12.4. The van der Waals surface area contributed by atoms with Crippen molar-refractivity contribution in [3.8, 4) is 11.1 Å². The van der Waals surface area contributed by atoms with Crippen molar-refractivity contribution < 1.29 is 8.42 Å². The summed E-state index contributed by atoms with van der Waals surface area (Å²) in [4.78, 5) is 0.255. The molecule has 1 aliphatic heterocycles. The van der Waals surface area contributed by atoms with Gasteiger partial charge in [0.25, 0.3) is 0 Å². The van der Waals surface area contributed by atoms with Crippen LogP contribution in [0.15, 0.2) is 47.4 Å². The molecule has 2 aromatic carbocycles. The molecule has 2 atom stereocenters. The van der Waals surface area contributed by atoms with Crippen LogP contribution in [0, 0.1) is 5.92 Å². The first kappa shape index (κ1) is 17.7. The Kier molecular flexibility index (Phi) is 4.41. The van der Waals surface area contributed by atoms with Crippen molar-refractivity contribution in [2.45, 2.75) is 42.9 Å². The molecule has 3 N–H and O–H groups in total. The molecule has 1 saturated carbocycles. The van der Waals surface area contributed by atoms with Gasteiger partial charge >= 0.3 is 0 Å². The molecule has 4 nitrogen and oxygen atoms in total. The van der Waals surface area contributed by atoms with Gasteiger partial charge in [0.1, 0.15) is 0 Å². The second-order valence-electron chi connectivity index (χ2n) is 7.68. The molecule has 0 radical (unpaired) electrons. The normalized spacial score (nSPS) is 24.5. The third-order valence-electron chi connectivity index (χ3n) is 5.98. The summed E-state index contributed by atoms with van der Waals surface area (Å²) in [6.07, 6.45) is 4.33. The Hall–Kier alpha value is -1.69. The molecule has 4 rings (SSSR count). The van der Waals surface area contributed by atoms with Crippen LogP contribution in [0.3, 0.4) is 0 Å². The maximum Gasteiger partial charge on any atom is 0.238 e. The van der Waals surface area contributed by atoms with Crippen LogP contribution in [-0.2, 0) is 21.9 Å². The number of nitrogens with two attached hydrogens (primary N) is 1. The number of hydrogen-bond acceptors (Lipinski definition) is 3. The zero-order chi connectivity index (χ0) is 18.4. The van der Waals surface area contributed by atoms with Crippen LogP contribution < -0.4 is 10.5 Å². The zero-order valence-corrected chi connectivity index (χ0v) is 16.0. The predicted molar refractivity (Wildman–Crippen MR) is 105 cm³/mol. The summed E-state index contributed by atoms with van der Waals surface area (Å²) in [5.74, 6) is 0.598. The SMILES string of the molecule is CCCCc1ccc(S(N)(=O)=O)c(-c2ccccc2)c1C12CNCC1C2. The van der Waals surface area contributed by atoms with E-state index < -0.39 is 10.0 Å². The van der Waals surface area contributed by atoms with Gasteiger partial charge in [0, 0.05) is 17.5 Å². The first-order chi connectivity index (χ1) is 12.5. The van der Waals surface area contributed by atoms with E-state index in [4.69, 9.17) is 5.14 Å². The van der Waals surface area contributed by atoms with E-state index in [1.807, 2.05) is 36.4 Å². The molecule has 138 valence electrons. The number of benzene rings is 2. The number of unbranched alkanes of at least 4 members (excludes halogenated alkanes) is 1. The first-order valence-corrected chi connectivity index (χ1v) is 11.0. The van der Waals surface area contributed by atoms with E-state index in [2.05, 4.69) is 12.2 Å². The smallest absolute Gasteiger partial charge is 0.238 e. The minimum Gasteiger partial charge on any atom is -0.316 e. The van der Waals surface area contributed by atoms with E-state index in [0.717, 1.165) is 49.9 Å². The summed E-state index contributed by atoms with van der Waals surface area (Å²) in [5, 5.41) is 9.13. The lowest BCUT2D eigenvalue weighted by molar-refractivity contribution is 0.597. The lowest BCUT2D eigenvalue weighted by Gasteiger charge is -2.24. The third kappa shape index (κ3) is 2.88. The van der Waals surface area contributed by atoms with Gasteiger partial charge in [-0.25, -0.2) is 13.6 Å². The summed E-state index contributed by atoms with van der Waals surface area (Å²) in [6.45, 7) is 4.12. The van der Waals surface area contributed by atoms with Gasteiger partial charge in [0.2, 0.25) is 10.0 Å². The highest BCUT2D eigenvalue weighted by Gasteiger charge is 2.59. The first-order valence-electron chi connectivity index (χ1n) is 9.42. The minimum atomic E-state index is -3.80. The average molecular weight is 371 g/mol. The van der Waals surface area contributed by atoms with Crippen LogP contribution >= 0.6 is 0 Å². The van der Waals surface area contributed by atoms with E-state index in [1.54, 1.807) is 6.07 Å². The summed E-state index contributed by atoms with van der Waals surface area (Å²) in [6, 6.07) is 13.6. The van der Waals surface area contributed by atoms with E-state index in [9.17, 15) is 8.42 Å². The van der Waals surface area contributed by atoms with Gasteiger partial charge in [-0.15, -0.1) is 0 Å². The van der Waals surface area contributed by atoms with E-state index in [1.165, 1.54) is 11.1 Å². The fraction of sp³-hybridized carbons (Fsp3) is 0.429. The summed E-state index contributed by atoms with van der Waals surface area (Å²) in [5.41, 5.74) is 4.34. The highest BCUT2D eigenvalue weighted by Crippen LogP contribution is 2.60. The van der Waals surface area contributed by atoms with Gasteiger partial charge in [-0.3, -0.25) is 0 Å². The lowest BCUT2D eigenvalue weighted by Crippen LogP contribution is -2.23. The molecular weight excluding hydrogens is 344 g/mol. The van der Waals surface area contributed by atoms with E-state index >= 15 is 0 Å². The molecule has 2 fully saturated rings. The topological polar surface area (TPSA) is 72.2 Å². The molecule has 2 aliphatic rings. The van der Waals surface area contributed by atoms with Crippen molar-refractivity contribution in [2.75, 3.05) is 13.1 Å². The Balaban J connectivity index is 2.01. The van der Waals surface area contributed by atoms with Crippen LogP contribution in [0.2, 0.25) is 0 Å². The summed E-state index contributed by atoms with van der Waals surface area (Å²) < 4.78 is 24.8. The molecule has 1 aliphatic carbocycles. The quantitative estimate of drug-likeness (QED) is 0.820. The predicted octanol–water partition coefficient (Wildman–Crippen LogP) is 3.20. The molecule has 0 bridgehead atoms. The Morgan fingerprint density at radius 1 is 1.19 bits per heavy atom. The van der Waals surface area contributed by atoms with Crippen LogP contribution in [-0.4, -0.2) is 21.5 Å². The number of sulfonamides is 1. The van der Waals surface area contributed by atoms with Crippen LogP contribution in [0.4, 0.5) is 0 Å². The zero-order valence-electron chi connectivity index (χ0n) is 15.2. The van der Waals surface area contributed by atoms with Gasteiger partial charge < -0.3 is 5.32 Å². The molecular formula is C21H26N2O2S. The van der Waals surface area contributed by atoms with Crippen molar-refractivity contribution in [1.29, 1.82) is 0 Å². The Bertz CT molecular complexity index is 925. The third-order valence-corrected chi connectivity index (χ3v) is 6.94. The number of aryl methyl sites for hydroxylation is 1. The van der Waals surface area contributed by atoms with Gasteiger partial charge in [-0.05, 0) is 54.5 Å². The molecule has 0 amide bonds. The van der Waals surface area contributed by atoms with Gasteiger partial charge in [-0.2, -0.15) is 0 Å². The number of piperidine rings is 1. The minimum absolute atomic E-state index is 0.0644. The second kappa shape index (κ2) is 6.48. The lowest BCUT2D eigenvalue weighted by atomic mass is 9.82. The molecule has 2 unspecified atom stereocenters. The molecule has 26 heavy (non-hydrogen) atoms. The number of fused-ring (bicyclic) bond motifs is 1. The van der Waals surface area contributed by atoms with Gasteiger partial charge in [0.15, 0.2) is 0 Å². The second-order valence-corrected chi connectivity index (χ2v) is 9.21. The Morgan fingerprint density at radius 3 is 2.54 bits per heavy atom. The number of hydrogen-bond donors (Lipinski definition) is 2. The number of nitrogens with one attached hydrogen (secondary N) is 1. The molecule has 0 spiro atoms. The van der Waals surface area contributed by atoms with Crippen LogP contribution in [0.1, 0.15) is 37.3 Å². The highest BCUT2D eigenvalue weighted by molar-refractivity contribution is 7.89. The van der Waals surface area contributed by atoms with Gasteiger partial charge in [0.05, 0.1) is 4.90 Å². The van der Waals surface area contributed by atoms with Crippen molar-refractivity contribution in [2.24, 2.45) is 11.1 Å². The largest absolute Gasteiger partial charge is 0.316 e. The molecule has 0 aromatic heterocycles. The fourth-order valence-electron chi connectivity index (χ4n) is 4.63. The highest BCUT2D eigenvalue weighted by atomic mass is 32.2. The van der Waals surface area contributed by atoms with Gasteiger partial charge in [-0.1, -0.05) is 49.7 Å². The molecule has 2 aromatic rings. The molecule has 1 heterocycles. The molecule has 1 saturated heterocycles. The summed E-state index contributed by atoms with van der Waals surface area (Å²) in [7, 11) is -3.80. The average Bonchev–Trinajstić information content (AvgIpc) is 3.19. The number of primary sulfonamides is 1. The van der Waals surface area contributed by atoms with Crippen molar-refractivity contribution in [1.82, 2.24) is 5.32 Å². The van der Waals surface area contributed by atoms with E-state index in [0.29, 0.717) is 5.92 Å². The summed E-state index contributed by atoms with van der Waals surface area (Å²) >= 11 is 0. The fourth-order valence-corrected chi connectivity index (χ4v) is 5.39. The van der Waals surface area contributed by atoms with Crippen molar-refractivity contribution >= 4 is 10.0 Å². The standard InChI is InChI=1S/C21H26N2O2S/c1-2-3-7-16-10-11-18(26(22,24)25)19(15-8-5-4-6-9-15)20(16)21-12-17(21)13-23-14-21/h4-6,8-11,17,23H,2-3,7,12-14H2,1H3,(H2,22,24,25). The molecule has 5 heteroatoms. The van der Waals surface area contributed by atoms with Crippen LogP contribution in [0.5, 0.6) is 0 Å². The number of rotatable bonds is 6. The van der Waals surface area contributed by atoms with Crippen molar-refractivity contribution in [3.63, 3.8) is 0 Å². The maximum atomic E-state index is 12.4. The van der Waals surface area contributed by atoms with E-state index in [-0.39, 0.29) is 10.3 Å².